The number of carbonyl (C=O) groups excluding carboxylic acids is 1. The van der Waals surface area contributed by atoms with Gasteiger partial charge in [0.15, 0.2) is 0 Å². The van der Waals surface area contributed by atoms with E-state index in [1.54, 1.807) is 7.11 Å². The van der Waals surface area contributed by atoms with E-state index in [4.69, 9.17) is 4.74 Å². The fourth-order valence-electron chi connectivity index (χ4n) is 3.08. The minimum absolute atomic E-state index is 0.00575. The molecule has 5 heteroatoms. The van der Waals surface area contributed by atoms with E-state index in [-0.39, 0.29) is 12.0 Å². The highest BCUT2D eigenvalue weighted by atomic mass is 16.5. The van der Waals surface area contributed by atoms with Gasteiger partial charge in [-0.15, -0.1) is 0 Å². The zero-order valence-electron chi connectivity index (χ0n) is 14.1. The third kappa shape index (κ3) is 5.84. The minimum atomic E-state index is -0.181. The molecule has 5 nitrogen and oxygen atoms in total. The smallest absolute Gasteiger partial charge is 0.225 e. The van der Waals surface area contributed by atoms with Crippen LogP contribution in [-0.4, -0.2) is 49.3 Å². The topological polar surface area (TPSA) is 61.8 Å². The molecule has 0 aliphatic heterocycles. The molecule has 128 valence electrons. The monoisotopic (exact) mass is 320 g/mol. The number of aliphatic hydroxyl groups excluding tert-OH is 1. The van der Waals surface area contributed by atoms with E-state index in [0.717, 1.165) is 37.2 Å². The van der Waals surface area contributed by atoms with Gasteiger partial charge in [-0.2, -0.15) is 0 Å². The van der Waals surface area contributed by atoms with Crippen LogP contribution in [-0.2, 0) is 4.79 Å². The average Bonchev–Trinajstić information content (AvgIpc) is 2.56. The molecule has 0 saturated heterocycles. The second-order valence-electron chi connectivity index (χ2n) is 6.40. The molecule has 0 bridgehead atoms. The summed E-state index contributed by atoms with van der Waals surface area (Å²) in [6, 6.07) is 7.32. The summed E-state index contributed by atoms with van der Waals surface area (Å²) in [5, 5.41) is 12.9. The van der Waals surface area contributed by atoms with Crippen LogP contribution in [0.4, 0.5) is 5.69 Å². The fourth-order valence-corrected chi connectivity index (χ4v) is 3.08. The normalized spacial score (nSPS) is 21.2. The van der Waals surface area contributed by atoms with Crippen molar-refractivity contribution >= 4 is 11.6 Å². The maximum absolute atomic E-state index is 12.0. The molecule has 2 atom stereocenters. The lowest BCUT2D eigenvalue weighted by Gasteiger charge is -2.31. The number of amides is 1. The number of hydrogen-bond acceptors (Lipinski definition) is 4. The van der Waals surface area contributed by atoms with Crippen molar-refractivity contribution in [3.05, 3.63) is 24.3 Å². The van der Waals surface area contributed by atoms with E-state index in [1.165, 1.54) is 6.42 Å². The first-order chi connectivity index (χ1) is 11.1. The first kappa shape index (κ1) is 17.8. The molecule has 1 aliphatic rings. The molecule has 2 rings (SSSR count). The second kappa shape index (κ2) is 8.89. The van der Waals surface area contributed by atoms with E-state index in [9.17, 15) is 9.90 Å². The van der Waals surface area contributed by atoms with Crippen molar-refractivity contribution in [3.8, 4) is 5.75 Å². The van der Waals surface area contributed by atoms with Gasteiger partial charge < -0.3 is 20.1 Å². The van der Waals surface area contributed by atoms with Crippen molar-refractivity contribution in [2.75, 3.05) is 32.6 Å². The Balaban J connectivity index is 1.70. The number of methoxy groups -OCH3 is 1. The number of benzene rings is 1. The predicted molar refractivity (Wildman–Crippen MR) is 91.7 cm³/mol. The van der Waals surface area contributed by atoms with Gasteiger partial charge in [0.2, 0.25) is 5.91 Å². The summed E-state index contributed by atoms with van der Waals surface area (Å²) in [6.45, 7) is 1.56. The summed E-state index contributed by atoms with van der Waals surface area (Å²) in [7, 11) is 3.63. The number of hydrogen-bond donors (Lipinski definition) is 2. The molecule has 1 saturated carbocycles. The molecule has 1 aromatic rings. The Labute approximate surface area is 138 Å². The Morgan fingerprint density at radius 1 is 1.30 bits per heavy atom. The first-order valence-corrected chi connectivity index (χ1v) is 8.39. The quantitative estimate of drug-likeness (QED) is 0.810. The summed E-state index contributed by atoms with van der Waals surface area (Å²) < 4.78 is 5.09. The molecule has 0 heterocycles. The van der Waals surface area contributed by atoms with E-state index >= 15 is 0 Å². The SMILES string of the molecule is COc1ccc(NC(=O)CCN(C)CC2CCCCC2O)cc1. The lowest BCUT2D eigenvalue weighted by molar-refractivity contribution is -0.116. The Kier molecular flexibility index (Phi) is 6.86. The van der Waals surface area contributed by atoms with Crippen molar-refractivity contribution in [2.45, 2.75) is 38.2 Å². The van der Waals surface area contributed by atoms with Gasteiger partial charge in [-0.05, 0) is 50.1 Å². The van der Waals surface area contributed by atoms with E-state index in [0.29, 0.717) is 18.9 Å². The van der Waals surface area contributed by atoms with Crippen LogP contribution < -0.4 is 10.1 Å². The summed E-state index contributed by atoms with van der Waals surface area (Å²) >= 11 is 0. The predicted octanol–water partition coefficient (Wildman–Crippen LogP) is 2.51. The van der Waals surface area contributed by atoms with Gasteiger partial charge >= 0.3 is 0 Å². The highest BCUT2D eigenvalue weighted by Crippen LogP contribution is 2.24. The molecular weight excluding hydrogens is 292 g/mol. The van der Waals surface area contributed by atoms with Crippen LogP contribution in [0.5, 0.6) is 5.75 Å². The standard InChI is InChI=1S/C18H28N2O3/c1-20(13-14-5-3-4-6-17(14)21)12-11-18(22)19-15-7-9-16(23-2)10-8-15/h7-10,14,17,21H,3-6,11-13H2,1-2H3,(H,19,22). The Morgan fingerprint density at radius 3 is 2.65 bits per heavy atom. The van der Waals surface area contributed by atoms with Crippen LogP contribution in [0.2, 0.25) is 0 Å². The van der Waals surface area contributed by atoms with Crippen LogP contribution >= 0.6 is 0 Å². The molecular formula is C18H28N2O3. The van der Waals surface area contributed by atoms with Gasteiger partial charge in [0, 0.05) is 25.2 Å². The highest BCUT2D eigenvalue weighted by molar-refractivity contribution is 5.90. The molecule has 0 aromatic heterocycles. The highest BCUT2D eigenvalue weighted by Gasteiger charge is 2.24. The van der Waals surface area contributed by atoms with Crippen LogP contribution in [0, 0.1) is 5.92 Å². The number of carbonyl (C=O) groups is 1. The third-order valence-corrected chi connectivity index (χ3v) is 4.51. The summed E-state index contributed by atoms with van der Waals surface area (Å²) in [4.78, 5) is 14.2. The van der Waals surface area contributed by atoms with Gasteiger partial charge in [-0.1, -0.05) is 12.8 Å². The molecule has 0 spiro atoms. The molecule has 1 aliphatic carbocycles. The summed E-state index contributed by atoms with van der Waals surface area (Å²) in [5.74, 6) is 1.12. The zero-order valence-corrected chi connectivity index (χ0v) is 14.1. The second-order valence-corrected chi connectivity index (χ2v) is 6.40. The van der Waals surface area contributed by atoms with Gasteiger partial charge in [0.1, 0.15) is 5.75 Å². The van der Waals surface area contributed by atoms with Crippen molar-refractivity contribution in [1.82, 2.24) is 4.90 Å². The van der Waals surface area contributed by atoms with Crippen LogP contribution in [0.15, 0.2) is 24.3 Å². The van der Waals surface area contributed by atoms with E-state index in [1.807, 2.05) is 31.3 Å². The van der Waals surface area contributed by atoms with E-state index in [2.05, 4.69) is 10.2 Å². The maximum atomic E-state index is 12.0. The lowest BCUT2D eigenvalue weighted by atomic mass is 9.86. The molecule has 1 aromatic carbocycles. The van der Waals surface area contributed by atoms with Crippen LogP contribution in [0.25, 0.3) is 0 Å². The number of anilines is 1. The summed E-state index contributed by atoms with van der Waals surface area (Å²) in [5.41, 5.74) is 0.779. The van der Waals surface area contributed by atoms with E-state index < -0.39 is 0 Å². The molecule has 1 fully saturated rings. The average molecular weight is 320 g/mol. The van der Waals surface area contributed by atoms with Crippen molar-refractivity contribution < 1.29 is 14.6 Å². The van der Waals surface area contributed by atoms with Gasteiger partial charge in [0.05, 0.1) is 13.2 Å². The lowest BCUT2D eigenvalue weighted by Crippen LogP contribution is -2.36. The molecule has 23 heavy (non-hydrogen) atoms. The Hall–Kier alpha value is -1.59. The third-order valence-electron chi connectivity index (χ3n) is 4.51. The molecule has 1 amide bonds. The summed E-state index contributed by atoms with van der Waals surface area (Å²) in [6.07, 6.45) is 4.60. The number of nitrogens with one attached hydrogen (secondary N) is 1. The van der Waals surface area contributed by atoms with Crippen molar-refractivity contribution in [1.29, 1.82) is 0 Å². The number of rotatable bonds is 7. The molecule has 2 N–H and O–H groups in total. The zero-order chi connectivity index (χ0) is 16.7. The molecule has 2 unspecified atom stereocenters. The maximum Gasteiger partial charge on any atom is 0.225 e. The van der Waals surface area contributed by atoms with Crippen molar-refractivity contribution in [3.63, 3.8) is 0 Å². The van der Waals surface area contributed by atoms with Crippen LogP contribution in [0.3, 0.4) is 0 Å². The Bertz CT molecular complexity index is 490. The number of nitrogens with zero attached hydrogens (tertiary/aromatic N) is 1. The first-order valence-electron chi connectivity index (χ1n) is 8.39. The van der Waals surface area contributed by atoms with Gasteiger partial charge in [0.25, 0.3) is 0 Å². The van der Waals surface area contributed by atoms with Gasteiger partial charge in [-0.25, -0.2) is 0 Å². The number of ether oxygens (including phenoxy) is 1. The van der Waals surface area contributed by atoms with Crippen molar-refractivity contribution in [2.24, 2.45) is 5.92 Å². The minimum Gasteiger partial charge on any atom is -0.497 e. The van der Waals surface area contributed by atoms with Crippen LogP contribution in [0.1, 0.15) is 32.1 Å². The van der Waals surface area contributed by atoms with Gasteiger partial charge in [-0.3, -0.25) is 4.79 Å². The largest absolute Gasteiger partial charge is 0.497 e. The fraction of sp³-hybridized carbons (Fsp3) is 0.611. The Morgan fingerprint density at radius 2 is 2.00 bits per heavy atom. The molecule has 0 radical (unpaired) electrons. The number of aliphatic hydroxyl groups is 1.